The Hall–Kier alpha value is -3.53. The number of rotatable bonds is 9. The Labute approximate surface area is 270 Å². The van der Waals surface area contributed by atoms with E-state index in [0.29, 0.717) is 0 Å². The Morgan fingerprint density at radius 2 is 1.02 bits per heavy atom. The summed E-state index contributed by atoms with van der Waals surface area (Å²) in [5.74, 6) is 0.0212. The molecule has 0 spiro atoms. The zero-order valence-electron chi connectivity index (χ0n) is 27.0. The molecule has 5 aromatic rings. The third-order valence-electron chi connectivity index (χ3n) is 9.47. The molecule has 230 valence electrons. The SMILES string of the molecule is C[C@@H](c1ccccc1)C([Si](C)(C)C)P1(=O)O[C@H](c2ccccc2)[C@H](C)N1C(c1ccccc1)(c1ccccc1)c1ccccc1. The minimum absolute atomic E-state index is 0.0212. The fourth-order valence-electron chi connectivity index (χ4n) is 7.78. The summed E-state index contributed by atoms with van der Waals surface area (Å²) in [5, 5.41) is -0.181. The largest absolute Gasteiger partial charge is 0.307 e. The van der Waals surface area contributed by atoms with E-state index in [9.17, 15) is 0 Å². The summed E-state index contributed by atoms with van der Waals surface area (Å²) in [4.78, 5) is 0. The highest BCUT2D eigenvalue weighted by Gasteiger charge is 2.64. The van der Waals surface area contributed by atoms with Gasteiger partial charge in [0.05, 0.1) is 13.4 Å². The molecule has 1 saturated heterocycles. The van der Waals surface area contributed by atoms with E-state index >= 15 is 4.57 Å². The summed E-state index contributed by atoms with van der Waals surface area (Å²) in [6.07, 6.45) is -0.366. The molecule has 0 saturated carbocycles. The summed E-state index contributed by atoms with van der Waals surface area (Å²) in [7, 11) is -5.82. The topological polar surface area (TPSA) is 29.5 Å². The van der Waals surface area contributed by atoms with Gasteiger partial charge in [-0.3, -0.25) is 4.57 Å². The van der Waals surface area contributed by atoms with Crippen molar-refractivity contribution in [2.75, 3.05) is 0 Å². The lowest BCUT2D eigenvalue weighted by molar-refractivity contribution is 0.177. The molecule has 5 aromatic carbocycles. The van der Waals surface area contributed by atoms with Crippen LogP contribution in [0.3, 0.4) is 0 Å². The van der Waals surface area contributed by atoms with Gasteiger partial charge >= 0.3 is 0 Å². The first-order valence-corrected chi connectivity index (χ1v) is 21.3. The molecule has 0 N–H and O–H groups in total. The van der Waals surface area contributed by atoms with Gasteiger partial charge in [0.25, 0.3) is 7.52 Å². The van der Waals surface area contributed by atoms with Gasteiger partial charge in [-0.15, -0.1) is 0 Å². The number of benzene rings is 5. The van der Waals surface area contributed by atoms with E-state index in [1.54, 1.807) is 0 Å². The molecule has 3 nitrogen and oxygen atoms in total. The molecule has 1 aliphatic heterocycles. The second-order valence-electron chi connectivity index (χ2n) is 13.4. The quantitative estimate of drug-likeness (QED) is 0.0923. The molecule has 1 aliphatic rings. The van der Waals surface area contributed by atoms with E-state index in [-0.39, 0.29) is 23.3 Å². The molecule has 1 heterocycles. The molecule has 0 radical (unpaired) electrons. The molecular weight excluding hydrogens is 586 g/mol. The maximum absolute atomic E-state index is 16.8. The first-order valence-electron chi connectivity index (χ1n) is 16.0. The van der Waals surface area contributed by atoms with Crippen molar-refractivity contribution < 1.29 is 9.09 Å². The van der Waals surface area contributed by atoms with Gasteiger partial charge < -0.3 is 4.52 Å². The van der Waals surface area contributed by atoms with Gasteiger partial charge in [0, 0.05) is 6.04 Å². The van der Waals surface area contributed by atoms with Gasteiger partial charge in [-0.1, -0.05) is 178 Å². The number of hydrogen-bond acceptors (Lipinski definition) is 2. The van der Waals surface area contributed by atoms with Crippen molar-refractivity contribution in [1.82, 2.24) is 4.67 Å². The highest BCUT2D eigenvalue weighted by atomic mass is 31.2. The van der Waals surface area contributed by atoms with Crippen LogP contribution in [0.2, 0.25) is 19.6 Å². The van der Waals surface area contributed by atoms with E-state index in [0.717, 1.165) is 22.3 Å². The Morgan fingerprint density at radius 1 is 0.644 bits per heavy atom. The molecule has 1 fully saturated rings. The second-order valence-corrected chi connectivity index (χ2v) is 21.6. The molecule has 0 aromatic heterocycles. The van der Waals surface area contributed by atoms with E-state index in [1.807, 2.05) is 6.07 Å². The average molecular weight is 630 g/mol. The van der Waals surface area contributed by atoms with E-state index < -0.39 is 21.1 Å². The van der Waals surface area contributed by atoms with Crippen molar-refractivity contribution in [3.63, 3.8) is 0 Å². The Bertz CT molecular complexity index is 1630. The summed E-state index contributed by atoms with van der Waals surface area (Å²) < 4.78 is 26.4. The first-order chi connectivity index (χ1) is 21.7. The van der Waals surface area contributed by atoms with Crippen LogP contribution < -0.4 is 0 Å². The lowest BCUT2D eigenvalue weighted by Gasteiger charge is -2.50. The molecule has 0 amide bonds. The predicted molar refractivity (Wildman–Crippen MR) is 190 cm³/mol. The van der Waals surface area contributed by atoms with Gasteiger partial charge in [0.1, 0.15) is 11.6 Å². The average Bonchev–Trinajstić information content (AvgIpc) is 3.33. The van der Waals surface area contributed by atoms with E-state index in [2.05, 4.69) is 184 Å². The highest BCUT2D eigenvalue weighted by molar-refractivity contribution is 7.60. The normalized spacial score (nSPS) is 22.2. The Morgan fingerprint density at radius 3 is 1.42 bits per heavy atom. The van der Waals surface area contributed by atoms with Crippen LogP contribution in [0.25, 0.3) is 0 Å². The summed E-state index contributed by atoms with van der Waals surface area (Å²) in [5.41, 5.74) is 4.61. The molecule has 0 bridgehead atoms. The maximum atomic E-state index is 16.8. The zero-order chi connectivity index (χ0) is 31.7. The lowest BCUT2D eigenvalue weighted by Crippen LogP contribution is -2.53. The second kappa shape index (κ2) is 12.7. The monoisotopic (exact) mass is 629 g/mol. The minimum atomic E-state index is -3.63. The van der Waals surface area contributed by atoms with Gasteiger partial charge in [-0.2, -0.15) is 0 Å². The molecular formula is C40H44NO2PSi. The van der Waals surface area contributed by atoms with Crippen LogP contribution >= 0.6 is 7.52 Å². The van der Waals surface area contributed by atoms with Gasteiger partial charge in [-0.05, 0) is 40.7 Å². The Balaban J connectivity index is 1.72. The number of nitrogens with zero attached hydrogens (tertiary/aromatic N) is 1. The summed E-state index contributed by atoms with van der Waals surface area (Å²) in [6, 6.07) is 52.7. The minimum Gasteiger partial charge on any atom is -0.307 e. The van der Waals surface area contributed by atoms with Gasteiger partial charge in [-0.25, -0.2) is 4.67 Å². The van der Waals surface area contributed by atoms with E-state index in [4.69, 9.17) is 4.52 Å². The van der Waals surface area contributed by atoms with Crippen molar-refractivity contribution in [1.29, 1.82) is 0 Å². The van der Waals surface area contributed by atoms with Crippen molar-refractivity contribution in [2.24, 2.45) is 0 Å². The predicted octanol–water partition coefficient (Wildman–Crippen LogP) is 10.7. The fourth-order valence-corrected chi connectivity index (χ4v) is 17.2. The van der Waals surface area contributed by atoms with E-state index in [1.165, 1.54) is 5.56 Å². The van der Waals surface area contributed by atoms with Crippen LogP contribution in [0.15, 0.2) is 152 Å². The van der Waals surface area contributed by atoms with Crippen LogP contribution in [0.1, 0.15) is 53.7 Å². The van der Waals surface area contributed by atoms with Crippen LogP contribution in [-0.4, -0.2) is 24.1 Å². The van der Waals surface area contributed by atoms with Crippen LogP contribution in [0.5, 0.6) is 0 Å². The third-order valence-corrected chi connectivity index (χ3v) is 18.0. The van der Waals surface area contributed by atoms with Gasteiger partial charge in [0.15, 0.2) is 0 Å². The highest BCUT2D eigenvalue weighted by Crippen LogP contribution is 2.74. The summed E-state index contributed by atoms with van der Waals surface area (Å²) in [6.45, 7) is 11.5. The lowest BCUT2D eigenvalue weighted by atomic mass is 9.76. The van der Waals surface area contributed by atoms with Crippen molar-refractivity contribution in [3.05, 3.63) is 179 Å². The smallest absolute Gasteiger partial charge is 0.275 e. The van der Waals surface area contributed by atoms with Crippen LogP contribution in [0, 0.1) is 0 Å². The van der Waals surface area contributed by atoms with Crippen LogP contribution in [-0.2, 0) is 14.6 Å². The molecule has 6 rings (SSSR count). The molecule has 2 unspecified atom stereocenters. The van der Waals surface area contributed by atoms with Crippen molar-refractivity contribution in [3.8, 4) is 0 Å². The molecule has 45 heavy (non-hydrogen) atoms. The molecule has 5 atom stereocenters. The standard InChI is InChI=1S/C40H44NO2PSi/c1-31(33-21-11-6-12-22-33)39(45(3,4)5)44(42)41(32(2)38(43-44)34-23-13-7-14-24-34)40(35-25-15-8-16-26-35,36-27-17-9-18-28-36)37-29-19-10-20-30-37/h6-32,38-39H,1-5H3/t31-,32-,38-,39?,44?/m0/s1. The Kier molecular flexibility index (Phi) is 8.87. The van der Waals surface area contributed by atoms with Crippen molar-refractivity contribution >= 4 is 15.6 Å². The zero-order valence-corrected chi connectivity index (χ0v) is 28.8. The molecule has 5 heteroatoms. The molecule has 0 aliphatic carbocycles. The maximum Gasteiger partial charge on any atom is 0.275 e. The first kappa shape index (κ1) is 31.4. The van der Waals surface area contributed by atoms with Crippen molar-refractivity contribution in [2.45, 2.75) is 62.4 Å². The summed E-state index contributed by atoms with van der Waals surface area (Å²) >= 11 is 0. The third kappa shape index (κ3) is 5.59. The van der Waals surface area contributed by atoms with Crippen LogP contribution in [0.4, 0.5) is 0 Å². The fraction of sp³-hybridized carbons (Fsp3) is 0.250. The van der Waals surface area contributed by atoms with Gasteiger partial charge in [0.2, 0.25) is 0 Å². The number of hydrogen-bond donors (Lipinski definition) is 0.